The van der Waals surface area contributed by atoms with Crippen LogP contribution in [0.5, 0.6) is 0 Å². The van der Waals surface area contributed by atoms with Gasteiger partial charge < -0.3 is 0 Å². The third-order valence-electron chi connectivity index (χ3n) is 6.70. The first-order valence-electron chi connectivity index (χ1n) is 13.5. The van der Waals surface area contributed by atoms with Gasteiger partial charge >= 0.3 is 6.67 Å². The first-order chi connectivity index (χ1) is 20.3. The van der Waals surface area contributed by atoms with Crippen LogP contribution < -0.4 is 9.13 Å². The topological polar surface area (TPSA) is 20.6 Å². The van der Waals surface area contributed by atoms with Crippen molar-refractivity contribution in [3.8, 4) is 45.9 Å². The van der Waals surface area contributed by atoms with E-state index in [1.807, 2.05) is 54.9 Å². The molecule has 0 fully saturated rings. The van der Waals surface area contributed by atoms with E-state index in [-0.39, 0.29) is 0 Å². The Balaban J connectivity index is 1.06. The summed E-state index contributed by atoms with van der Waals surface area (Å²) in [7, 11) is 0. The summed E-state index contributed by atoms with van der Waals surface area (Å²) in [5.41, 5.74) is 8.66. The molecule has 0 N–H and O–H groups in total. The minimum Gasteiger partial charge on any atom is -0.265 e. The lowest BCUT2D eigenvalue weighted by Gasteiger charge is -2.01. The molecular formula is C38H27N3+2. The van der Waals surface area contributed by atoms with E-state index in [4.69, 9.17) is 0 Å². The van der Waals surface area contributed by atoms with Crippen LogP contribution in [0.25, 0.3) is 22.3 Å². The highest BCUT2D eigenvalue weighted by molar-refractivity contribution is 5.64. The molecule has 0 bridgehead atoms. The summed E-state index contributed by atoms with van der Waals surface area (Å²) in [5, 5.41) is 0. The standard InChI is InChI=1S/C38H27N3/c1-2-4-31(5-3-1)6-7-32-12-16-36(17-13-32)38-22-28-41(29-23-38)30-40-26-20-34(21-27-40)9-8-33-10-14-35(15-11-33)37-18-24-39-25-19-37/h1-5,10-29H,30H2/q+2. The smallest absolute Gasteiger partial charge is 0.265 e. The third kappa shape index (κ3) is 6.82. The molecule has 41 heavy (non-hydrogen) atoms. The fourth-order valence-electron chi connectivity index (χ4n) is 4.41. The summed E-state index contributed by atoms with van der Waals surface area (Å²) >= 11 is 0. The van der Waals surface area contributed by atoms with E-state index in [9.17, 15) is 0 Å². The van der Waals surface area contributed by atoms with E-state index in [0.29, 0.717) is 0 Å². The van der Waals surface area contributed by atoms with Crippen LogP contribution in [0.4, 0.5) is 0 Å². The summed E-state index contributed by atoms with van der Waals surface area (Å²) < 4.78 is 4.29. The number of rotatable bonds is 4. The molecule has 0 spiro atoms. The molecule has 3 nitrogen and oxygen atoms in total. The molecule has 0 aliphatic rings. The fraction of sp³-hybridized carbons (Fsp3) is 0.0263. The molecular weight excluding hydrogens is 498 g/mol. The Morgan fingerprint density at radius 1 is 0.390 bits per heavy atom. The van der Waals surface area contributed by atoms with Crippen molar-refractivity contribution in [2.75, 3.05) is 0 Å². The van der Waals surface area contributed by atoms with E-state index in [2.05, 4.69) is 135 Å². The maximum Gasteiger partial charge on any atom is 0.343 e. The Kier molecular flexibility index (Phi) is 7.71. The van der Waals surface area contributed by atoms with Crippen molar-refractivity contribution in [2.24, 2.45) is 0 Å². The largest absolute Gasteiger partial charge is 0.343 e. The Morgan fingerprint density at radius 3 is 1.29 bits per heavy atom. The minimum absolute atomic E-state index is 0.721. The molecule has 6 rings (SSSR count). The second kappa shape index (κ2) is 12.4. The molecule has 0 saturated heterocycles. The Morgan fingerprint density at radius 2 is 0.780 bits per heavy atom. The maximum absolute atomic E-state index is 4.08. The summed E-state index contributed by atoms with van der Waals surface area (Å²) in [5.74, 6) is 13.0. The highest BCUT2D eigenvalue weighted by Gasteiger charge is 2.08. The van der Waals surface area contributed by atoms with Gasteiger partial charge in [-0.2, -0.15) is 0 Å². The Hall–Kier alpha value is -5.77. The number of aromatic nitrogens is 3. The number of hydrogen-bond donors (Lipinski definition) is 0. The Bertz CT molecular complexity index is 1850. The molecule has 0 aliphatic heterocycles. The van der Waals surface area contributed by atoms with Crippen molar-refractivity contribution in [2.45, 2.75) is 6.67 Å². The third-order valence-corrected chi connectivity index (χ3v) is 6.70. The molecule has 0 aliphatic carbocycles. The lowest BCUT2D eigenvalue weighted by Crippen LogP contribution is -2.50. The van der Waals surface area contributed by atoms with Crippen molar-refractivity contribution >= 4 is 0 Å². The second-order valence-electron chi connectivity index (χ2n) is 9.60. The van der Waals surface area contributed by atoms with Crippen LogP contribution in [-0.4, -0.2) is 4.98 Å². The molecule has 0 amide bonds. The quantitative estimate of drug-likeness (QED) is 0.196. The van der Waals surface area contributed by atoms with Gasteiger partial charge in [0.25, 0.3) is 0 Å². The molecule has 3 heterocycles. The van der Waals surface area contributed by atoms with Crippen LogP contribution in [0, 0.1) is 23.7 Å². The maximum atomic E-state index is 4.08. The average molecular weight is 526 g/mol. The summed E-state index contributed by atoms with van der Waals surface area (Å²) in [4.78, 5) is 4.08. The molecule has 3 aromatic carbocycles. The first-order valence-corrected chi connectivity index (χ1v) is 13.5. The Labute approximate surface area is 241 Å². The van der Waals surface area contributed by atoms with Crippen molar-refractivity contribution in [3.05, 3.63) is 175 Å². The van der Waals surface area contributed by atoms with Gasteiger partial charge in [0.15, 0.2) is 24.8 Å². The van der Waals surface area contributed by atoms with Crippen LogP contribution in [0.2, 0.25) is 0 Å². The van der Waals surface area contributed by atoms with Crippen molar-refractivity contribution < 1.29 is 9.13 Å². The summed E-state index contributed by atoms with van der Waals surface area (Å²) in [6.07, 6.45) is 12.0. The van der Waals surface area contributed by atoms with Crippen molar-refractivity contribution in [1.82, 2.24) is 4.98 Å². The molecule has 0 radical (unpaired) electrons. The van der Waals surface area contributed by atoms with Gasteiger partial charge in [-0.25, -0.2) is 0 Å². The van der Waals surface area contributed by atoms with Crippen LogP contribution in [0.15, 0.2) is 152 Å². The van der Waals surface area contributed by atoms with E-state index < -0.39 is 0 Å². The van der Waals surface area contributed by atoms with Gasteiger partial charge in [-0.05, 0) is 70.8 Å². The van der Waals surface area contributed by atoms with Gasteiger partial charge in [0, 0.05) is 58.9 Å². The number of nitrogens with zero attached hydrogens (tertiary/aromatic N) is 3. The zero-order valence-corrected chi connectivity index (χ0v) is 22.5. The second-order valence-corrected chi connectivity index (χ2v) is 9.60. The zero-order valence-electron chi connectivity index (χ0n) is 22.5. The van der Waals surface area contributed by atoms with Crippen molar-refractivity contribution in [1.29, 1.82) is 0 Å². The first kappa shape index (κ1) is 25.5. The van der Waals surface area contributed by atoms with Gasteiger partial charge in [0.1, 0.15) is 0 Å². The van der Waals surface area contributed by atoms with Gasteiger partial charge in [-0.1, -0.05) is 66.1 Å². The summed E-state index contributed by atoms with van der Waals surface area (Å²) in [6, 6.07) is 39.2. The minimum atomic E-state index is 0.721. The summed E-state index contributed by atoms with van der Waals surface area (Å²) in [6.45, 7) is 0.721. The van der Waals surface area contributed by atoms with Crippen LogP contribution in [-0.2, 0) is 6.67 Å². The highest BCUT2D eigenvalue weighted by Crippen LogP contribution is 2.19. The van der Waals surface area contributed by atoms with E-state index in [1.165, 1.54) is 11.1 Å². The van der Waals surface area contributed by atoms with E-state index >= 15 is 0 Å². The monoisotopic (exact) mass is 525 g/mol. The number of hydrogen-bond acceptors (Lipinski definition) is 1. The van der Waals surface area contributed by atoms with E-state index in [1.54, 1.807) is 0 Å². The van der Waals surface area contributed by atoms with Gasteiger partial charge in [0.2, 0.25) is 0 Å². The van der Waals surface area contributed by atoms with Crippen LogP contribution in [0.1, 0.15) is 22.3 Å². The molecule has 6 aromatic rings. The zero-order chi connectivity index (χ0) is 27.7. The number of pyridine rings is 3. The van der Waals surface area contributed by atoms with E-state index in [0.717, 1.165) is 40.0 Å². The normalized spacial score (nSPS) is 10.1. The lowest BCUT2D eigenvalue weighted by molar-refractivity contribution is -0.913. The van der Waals surface area contributed by atoms with Gasteiger partial charge in [0.05, 0.1) is 0 Å². The molecule has 192 valence electrons. The fourth-order valence-corrected chi connectivity index (χ4v) is 4.41. The predicted octanol–water partition coefficient (Wildman–Crippen LogP) is 6.30. The molecule has 0 saturated carbocycles. The van der Waals surface area contributed by atoms with Gasteiger partial charge in [-0.3, -0.25) is 4.98 Å². The molecule has 3 heteroatoms. The lowest BCUT2D eigenvalue weighted by atomic mass is 10.1. The predicted molar refractivity (Wildman–Crippen MR) is 162 cm³/mol. The number of benzene rings is 3. The highest BCUT2D eigenvalue weighted by atomic mass is 15.1. The molecule has 0 unspecified atom stereocenters. The molecule has 0 atom stereocenters. The van der Waals surface area contributed by atoms with Crippen LogP contribution in [0.3, 0.4) is 0 Å². The SMILES string of the molecule is C(#Cc1ccc(-c2cc[n+](C[n+]3ccc(C#Cc4ccc(-c5ccncc5)cc4)cc3)cc2)cc1)c1ccccc1. The van der Waals surface area contributed by atoms with Crippen molar-refractivity contribution in [3.63, 3.8) is 0 Å². The van der Waals surface area contributed by atoms with Crippen LogP contribution >= 0.6 is 0 Å². The average Bonchev–Trinajstić information content (AvgIpc) is 3.05. The molecule has 3 aromatic heterocycles. The van der Waals surface area contributed by atoms with Gasteiger partial charge in [-0.15, -0.1) is 9.13 Å².